The zero-order valence-corrected chi connectivity index (χ0v) is 30.2. The fourth-order valence-electron chi connectivity index (χ4n) is 7.38. The van der Waals surface area contributed by atoms with Gasteiger partial charge in [0.05, 0.1) is 23.0 Å². The standard InChI is InChI=1S/C49H33N3S/c1-31-13-6-7-18-39(31)41-21-11-20-40(32(41)2)36-26-37(42-22-12-23-44-43-19-8-9-24-47(43)53-48(42)44)28-38(27-36)46-29-45(35-17-10-14-33(25-35)30-50)51-49(52-46)34-15-4-3-5-16-34/h3-29H,1-2H3. The lowest BCUT2D eigenvalue weighted by molar-refractivity contribution is 1.18. The summed E-state index contributed by atoms with van der Waals surface area (Å²) in [6.45, 7) is 4.41. The van der Waals surface area contributed by atoms with Crippen molar-refractivity contribution in [1.82, 2.24) is 9.97 Å². The lowest BCUT2D eigenvalue weighted by Crippen LogP contribution is -1.97. The van der Waals surface area contributed by atoms with E-state index in [1.54, 1.807) is 0 Å². The second kappa shape index (κ2) is 13.5. The SMILES string of the molecule is Cc1ccccc1-c1cccc(-c2cc(-c3cc(-c4cccc(C#N)c4)nc(-c4ccccc4)n3)cc(-c3cccc4c3sc3ccccc34)c2)c1C. The van der Waals surface area contributed by atoms with Gasteiger partial charge in [0.1, 0.15) is 0 Å². The zero-order valence-electron chi connectivity index (χ0n) is 29.3. The summed E-state index contributed by atoms with van der Waals surface area (Å²) >= 11 is 1.84. The topological polar surface area (TPSA) is 49.6 Å². The minimum Gasteiger partial charge on any atom is -0.228 e. The van der Waals surface area contributed by atoms with Crippen LogP contribution < -0.4 is 0 Å². The summed E-state index contributed by atoms with van der Waals surface area (Å²) in [6.07, 6.45) is 0. The lowest BCUT2D eigenvalue weighted by Gasteiger charge is -2.17. The molecule has 0 atom stereocenters. The van der Waals surface area contributed by atoms with Crippen molar-refractivity contribution in [2.75, 3.05) is 0 Å². The molecule has 7 aromatic carbocycles. The van der Waals surface area contributed by atoms with Crippen LogP contribution in [0.5, 0.6) is 0 Å². The molecule has 0 unspecified atom stereocenters. The third-order valence-corrected chi connectivity index (χ3v) is 11.3. The van der Waals surface area contributed by atoms with E-state index in [1.807, 2.05) is 65.9 Å². The van der Waals surface area contributed by atoms with Gasteiger partial charge in [0.2, 0.25) is 0 Å². The number of nitrogens with zero attached hydrogens (tertiary/aromatic N) is 3. The second-order valence-electron chi connectivity index (χ2n) is 13.4. The number of hydrogen-bond donors (Lipinski definition) is 0. The number of thiophene rings is 1. The number of benzene rings is 7. The van der Waals surface area contributed by atoms with Gasteiger partial charge in [-0.1, -0.05) is 121 Å². The Kier molecular flexibility index (Phi) is 8.20. The Hall–Kier alpha value is -6.67. The third-order valence-electron chi connectivity index (χ3n) is 10.1. The van der Waals surface area contributed by atoms with Gasteiger partial charge in [-0.15, -0.1) is 11.3 Å². The average molecular weight is 696 g/mol. The van der Waals surface area contributed by atoms with Gasteiger partial charge in [-0.3, -0.25) is 0 Å². The molecule has 0 aliphatic carbocycles. The summed E-state index contributed by atoms with van der Waals surface area (Å²) in [7, 11) is 0. The Morgan fingerprint density at radius 2 is 1.08 bits per heavy atom. The molecule has 0 aliphatic heterocycles. The highest BCUT2D eigenvalue weighted by molar-refractivity contribution is 7.26. The van der Waals surface area contributed by atoms with E-state index >= 15 is 0 Å². The Balaban J connectivity index is 1.31. The first-order valence-electron chi connectivity index (χ1n) is 17.7. The van der Waals surface area contributed by atoms with Crippen LogP contribution in [0.15, 0.2) is 164 Å². The molecule has 4 heteroatoms. The fraction of sp³-hybridized carbons (Fsp3) is 0.0408. The van der Waals surface area contributed by atoms with Crippen LogP contribution in [-0.2, 0) is 0 Å². The summed E-state index contributed by atoms with van der Waals surface area (Å²) in [5, 5.41) is 12.3. The van der Waals surface area contributed by atoms with Crippen LogP contribution >= 0.6 is 11.3 Å². The summed E-state index contributed by atoms with van der Waals surface area (Å²) in [4.78, 5) is 10.3. The Morgan fingerprint density at radius 3 is 1.91 bits per heavy atom. The van der Waals surface area contributed by atoms with E-state index in [9.17, 15) is 5.26 Å². The Bertz CT molecular complexity index is 2880. The largest absolute Gasteiger partial charge is 0.228 e. The molecular formula is C49H33N3S. The predicted octanol–water partition coefficient (Wildman–Crippen LogP) is 13.3. The van der Waals surface area contributed by atoms with Crippen LogP contribution in [-0.4, -0.2) is 9.97 Å². The van der Waals surface area contributed by atoms with Crippen LogP contribution in [0.2, 0.25) is 0 Å². The highest BCUT2D eigenvalue weighted by Gasteiger charge is 2.18. The number of nitriles is 1. The van der Waals surface area contributed by atoms with Crippen LogP contribution in [0.4, 0.5) is 0 Å². The first kappa shape index (κ1) is 32.3. The quantitative estimate of drug-likeness (QED) is 0.174. The molecule has 9 rings (SSSR count). The van der Waals surface area contributed by atoms with E-state index < -0.39 is 0 Å². The molecule has 0 spiro atoms. The molecule has 0 N–H and O–H groups in total. The lowest BCUT2D eigenvalue weighted by atomic mass is 9.88. The van der Waals surface area contributed by atoms with Crippen molar-refractivity contribution in [3.05, 3.63) is 180 Å². The Morgan fingerprint density at radius 1 is 0.472 bits per heavy atom. The molecule has 0 radical (unpaired) electrons. The van der Waals surface area contributed by atoms with Gasteiger partial charge in [0.15, 0.2) is 5.82 Å². The van der Waals surface area contributed by atoms with Crippen molar-refractivity contribution in [2.45, 2.75) is 13.8 Å². The van der Waals surface area contributed by atoms with Crippen molar-refractivity contribution < 1.29 is 0 Å². The van der Waals surface area contributed by atoms with E-state index in [0.717, 1.165) is 39.2 Å². The highest BCUT2D eigenvalue weighted by atomic mass is 32.1. The van der Waals surface area contributed by atoms with E-state index in [1.165, 1.54) is 53.6 Å². The van der Waals surface area contributed by atoms with Gasteiger partial charge in [0, 0.05) is 36.9 Å². The normalized spacial score (nSPS) is 11.2. The predicted molar refractivity (Wildman–Crippen MR) is 222 cm³/mol. The molecule has 53 heavy (non-hydrogen) atoms. The van der Waals surface area contributed by atoms with Gasteiger partial charge < -0.3 is 0 Å². The first-order valence-corrected chi connectivity index (χ1v) is 18.5. The summed E-state index contributed by atoms with van der Waals surface area (Å²) in [5.41, 5.74) is 14.5. The molecule has 0 saturated carbocycles. The summed E-state index contributed by atoms with van der Waals surface area (Å²) in [6, 6.07) is 59.5. The molecule has 250 valence electrons. The van der Waals surface area contributed by atoms with Crippen LogP contribution in [0.3, 0.4) is 0 Å². The maximum atomic E-state index is 9.72. The van der Waals surface area contributed by atoms with Crippen LogP contribution in [0, 0.1) is 25.2 Å². The first-order chi connectivity index (χ1) is 26.0. The molecule has 0 saturated heterocycles. The number of aromatic nitrogens is 2. The molecule has 2 heterocycles. The fourth-order valence-corrected chi connectivity index (χ4v) is 8.62. The van der Waals surface area contributed by atoms with Crippen molar-refractivity contribution in [3.8, 4) is 73.4 Å². The van der Waals surface area contributed by atoms with Crippen molar-refractivity contribution >= 4 is 31.5 Å². The summed E-state index contributed by atoms with van der Waals surface area (Å²) in [5.74, 6) is 0.636. The van der Waals surface area contributed by atoms with E-state index in [2.05, 4.69) is 129 Å². The van der Waals surface area contributed by atoms with E-state index in [4.69, 9.17) is 9.97 Å². The van der Waals surface area contributed by atoms with Gasteiger partial charge in [-0.25, -0.2) is 9.97 Å². The molecular weight excluding hydrogens is 663 g/mol. The summed E-state index contributed by atoms with van der Waals surface area (Å²) < 4.78 is 2.55. The number of aryl methyl sites for hydroxylation is 1. The maximum absolute atomic E-state index is 9.72. The maximum Gasteiger partial charge on any atom is 0.160 e. The molecule has 3 nitrogen and oxygen atoms in total. The van der Waals surface area contributed by atoms with Crippen molar-refractivity contribution in [3.63, 3.8) is 0 Å². The molecule has 9 aromatic rings. The van der Waals surface area contributed by atoms with Gasteiger partial charge in [0.25, 0.3) is 0 Å². The molecule has 0 bridgehead atoms. The monoisotopic (exact) mass is 695 g/mol. The van der Waals surface area contributed by atoms with E-state index in [0.29, 0.717) is 11.4 Å². The average Bonchev–Trinajstić information content (AvgIpc) is 3.60. The van der Waals surface area contributed by atoms with Gasteiger partial charge in [-0.2, -0.15) is 5.26 Å². The smallest absolute Gasteiger partial charge is 0.160 e. The number of rotatable bonds is 6. The van der Waals surface area contributed by atoms with Crippen LogP contribution in [0.25, 0.3) is 87.5 Å². The van der Waals surface area contributed by atoms with E-state index in [-0.39, 0.29) is 0 Å². The highest BCUT2D eigenvalue weighted by Crippen LogP contribution is 2.43. The molecule has 0 aliphatic rings. The Labute approximate surface area is 313 Å². The van der Waals surface area contributed by atoms with Crippen LogP contribution in [0.1, 0.15) is 16.7 Å². The zero-order chi connectivity index (χ0) is 35.9. The molecule has 0 amide bonds. The molecule has 0 fully saturated rings. The van der Waals surface area contributed by atoms with Crippen molar-refractivity contribution in [1.29, 1.82) is 5.26 Å². The number of fused-ring (bicyclic) bond motifs is 3. The minimum atomic E-state index is 0.591. The van der Waals surface area contributed by atoms with Gasteiger partial charge >= 0.3 is 0 Å². The molecule has 2 aromatic heterocycles. The number of hydrogen-bond acceptors (Lipinski definition) is 4. The second-order valence-corrected chi connectivity index (χ2v) is 14.4. The van der Waals surface area contributed by atoms with Gasteiger partial charge in [-0.05, 0) is 101 Å². The van der Waals surface area contributed by atoms with Crippen molar-refractivity contribution in [2.24, 2.45) is 0 Å². The minimum absolute atomic E-state index is 0.591. The third kappa shape index (κ3) is 5.98.